The van der Waals surface area contributed by atoms with Gasteiger partial charge in [-0.25, -0.2) is 5.43 Å². The molecule has 0 aromatic heterocycles. The number of rotatable bonds is 5. The van der Waals surface area contributed by atoms with E-state index in [-0.39, 0.29) is 0 Å². The van der Waals surface area contributed by atoms with Crippen LogP contribution in [0, 0.1) is 11.3 Å². The van der Waals surface area contributed by atoms with Gasteiger partial charge in [0.2, 0.25) is 0 Å². The molecule has 1 amide bonds. The summed E-state index contributed by atoms with van der Waals surface area (Å²) in [5.41, 5.74) is 3.84. The van der Waals surface area contributed by atoms with Crippen molar-refractivity contribution in [2.45, 2.75) is 5.92 Å². The standard InChI is InChI=1S/C21H17N3O2/c1-26-20-12-11-16-9-5-6-10-17(16)19(20)14-23-24-21(25)18(13-22)15-7-3-2-4-8-15/h2-12,14,18H,1H3,(H,24,25)/b23-14-/t18-/m1/s1. The van der Waals surface area contributed by atoms with E-state index in [0.29, 0.717) is 11.3 Å². The number of carbonyl (C=O) groups excluding carboxylic acids is 1. The van der Waals surface area contributed by atoms with Gasteiger partial charge in [-0.05, 0) is 22.4 Å². The summed E-state index contributed by atoms with van der Waals surface area (Å²) in [6, 6.07) is 22.6. The molecule has 1 atom stereocenters. The van der Waals surface area contributed by atoms with E-state index in [1.54, 1.807) is 37.6 Å². The molecule has 0 spiro atoms. The van der Waals surface area contributed by atoms with Crippen LogP contribution in [0.5, 0.6) is 5.75 Å². The van der Waals surface area contributed by atoms with Gasteiger partial charge < -0.3 is 4.74 Å². The molecule has 0 heterocycles. The van der Waals surface area contributed by atoms with Crippen LogP contribution < -0.4 is 10.2 Å². The predicted molar refractivity (Wildman–Crippen MR) is 101 cm³/mol. The molecule has 1 N–H and O–H groups in total. The number of carbonyl (C=O) groups is 1. The van der Waals surface area contributed by atoms with Gasteiger partial charge in [-0.15, -0.1) is 0 Å². The molecule has 3 rings (SSSR count). The highest BCUT2D eigenvalue weighted by molar-refractivity contribution is 6.02. The Morgan fingerprint density at radius 3 is 2.58 bits per heavy atom. The zero-order valence-corrected chi connectivity index (χ0v) is 14.2. The summed E-state index contributed by atoms with van der Waals surface area (Å²) in [5, 5.41) is 15.4. The molecule has 5 nitrogen and oxygen atoms in total. The van der Waals surface area contributed by atoms with Crippen molar-refractivity contribution in [1.82, 2.24) is 5.43 Å². The Morgan fingerprint density at radius 2 is 1.85 bits per heavy atom. The van der Waals surface area contributed by atoms with E-state index in [1.807, 2.05) is 48.5 Å². The minimum absolute atomic E-state index is 0.478. The molecule has 0 saturated heterocycles. The molecular formula is C21H17N3O2. The molecule has 128 valence electrons. The summed E-state index contributed by atoms with van der Waals surface area (Å²) in [5.74, 6) is -0.737. The van der Waals surface area contributed by atoms with E-state index in [2.05, 4.69) is 10.5 Å². The lowest BCUT2D eigenvalue weighted by molar-refractivity contribution is -0.121. The second-order valence-corrected chi connectivity index (χ2v) is 5.61. The number of hydrogen-bond donors (Lipinski definition) is 1. The van der Waals surface area contributed by atoms with Crippen molar-refractivity contribution in [3.8, 4) is 11.8 Å². The van der Waals surface area contributed by atoms with Gasteiger partial charge in [0.15, 0.2) is 5.92 Å². The number of nitriles is 1. The fourth-order valence-electron chi connectivity index (χ4n) is 2.74. The van der Waals surface area contributed by atoms with Crippen molar-refractivity contribution in [2.24, 2.45) is 5.10 Å². The fraction of sp³-hybridized carbons (Fsp3) is 0.0952. The SMILES string of the molecule is COc1ccc2ccccc2c1/C=N\NC(=O)[C@H](C#N)c1ccccc1. The Labute approximate surface area is 151 Å². The zero-order valence-electron chi connectivity index (χ0n) is 14.2. The van der Waals surface area contributed by atoms with Crippen molar-refractivity contribution in [1.29, 1.82) is 5.26 Å². The van der Waals surface area contributed by atoms with Crippen LogP contribution in [0.3, 0.4) is 0 Å². The Kier molecular flexibility index (Phi) is 5.25. The van der Waals surface area contributed by atoms with Crippen LogP contribution in [0.4, 0.5) is 0 Å². The smallest absolute Gasteiger partial charge is 0.261 e. The highest BCUT2D eigenvalue weighted by atomic mass is 16.5. The monoisotopic (exact) mass is 343 g/mol. The van der Waals surface area contributed by atoms with Crippen LogP contribution in [0.2, 0.25) is 0 Å². The van der Waals surface area contributed by atoms with E-state index in [1.165, 1.54) is 0 Å². The Morgan fingerprint density at radius 1 is 1.12 bits per heavy atom. The maximum atomic E-state index is 12.3. The van der Waals surface area contributed by atoms with Crippen molar-refractivity contribution in [3.63, 3.8) is 0 Å². The van der Waals surface area contributed by atoms with Crippen LogP contribution in [0.15, 0.2) is 71.8 Å². The van der Waals surface area contributed by atoms with E-state index in [9.17, 15) is 10.1 Å². The highest BCUT2D eigenvalue weighted by Crippen LogP contribution is 2.26. The van der Waals surface area contributed by atoms with Crippen LogP contribution >= 0.6 is 0 Å². The third-order valence-electron chi connectivity index (χ3n) is 4.04. The number of hydrazone groups is 1. The lowest BCUT2D eigenvalue weighted by Gasteiger charge is -2.09. The second kappa shape index (κ2) is 7.95. The Bertz CT molecular complexity index is 991. The highest BCUT2D eigenvalue weighted by Gasteiger charge is 2.19. The fourth-order valence-corrected chi connectivity index (χ4v) is 2.74. The minimum atomic E-state index is -0.914. The normalized spacial score (nSPS) is 11.8. The first kappa shape index (κ1) is 17.2. The quantitative estimate of drug-likeness (QED) is 0.568. The first-order valence-electron chi connectivity index (χ1n) is 8.08. The number of fused-ring (bicyclic) bond motifs is 1. The maximum absolute atomic E-state index is 12.3. The van der Waals surface area contributed by atoms with Crippen molar-refractivity contribution >= 4 is 22.9 Å². The summed E-state index contributed by atoms with van der Waals surface area (Å²) in [7, 11) is 1.58. The molecule has 0 saturated carbocycles. The van der Waals surface area contributed by atoms with Gasteiger partial charge in [-0.2, -0.15) is 10.4 Å². The summed E-state index contributed by atoms with van der Waals surface area (Å²) < 4.78 is 5.39. The molecule has 0 unspecified atom stereocenters. The Balaban J connectivity index is 1.84. The number of nitrogens with one attached hydrogen (secondary N) is 1. The number of benzene rings is 3. The number of amides is 1. The van der Waals surface area contributed by atoms with Gasteiger partial charge in [0, 0.05) is 5.56 Å². The van der Waals surface area contributed by atoms with Gasteiger partial charge >= 0.3 is 0 Å². The van der Waals surface area contributed by atoms with Crippen molar-refractivity contribution in [3.05, 3.63) is 77.9 Å². The molecule has 0 aliphatic heterocycles. The zero-order chi connectivity index (χ0) is 18.4. The van der Waals surface area contributed by atoms with Crippen molar-refractivity contribution < 1.29 is 9.53 Å². The van der Waals surface area contributed by atoms with Gasteiger partial charge in [-0.1, -0.05) is 60.7 Å². The molecule has 26 heavy (non-hydrogen) atoms. The molecule has 0 aliphatic carbocycles. The average molecular weight is 343 g/mol. The minimum Gasteiger partial charge on any atom is -0.496 e. The van der Waals surface area contributed by atoms with E-state index >= 15 is 0 Å². The maximum Gasteiger partial charge on any atom is 0.261 e. The summed E-state index contributed by atoms with van der Waals surface area (Å²) in [6.45, 7) is 0. The molecule has 0 radical (unpaired) electrons. The lowest BCUT2D eigenvalue weighted by Crippen LogP contribution is -2.24. The van der Waals surface area contributed by atoms with Gasteiger partial charge in [-0.3, -0.25) is 4.79 Å². The van der Waals surface area contributed by atoms with Gasteiger partial charge in [0.05, 0.1) is 19.4 Å². The van der Waals surface area contributed by atoms with Crippen molar-refractivity contribution in [2.75, 3.05) is 7.11 Å². The third kappa shape index (κ3) is 3.55. The molecule has 3 aromatic carbocycles. The number of nitrogens with zero attached hydrogens (tertiary/aromatic N) is 2. The Hall–Kier alpha value is -3.65. The number of hydrogen-bond acceptors (Lipinski definition) is 4. The predicted octanol–water partition coefficient (Wildman–Crippen LogP) is 3.61. The van der Waals surface area contributed by atoms with Crippen LogP contribution in [-0.2, 0) is 4.79 Å². The third-order valence-corrected chi connectivity index (χ3v) is 4.04. The van der Waals surface area contributed by atoms with Gasteiger partial charge in [0.25, 0.3) is 5.91 Å². The largest absolute Gasteiger partial charge is 0.496 e. The van der Waals surface area contributed by atoms with E-state index in [4.69, 9.17) is 4.74 Å². The molecule has 0 fully saturated rings. The second-order valence-electron chi connectivity index (χ2n) is 5.61. The summed E-state index contributed by atoms with van der Waals surface area (Å²) in [6.07, 6.45) is 1.54. The van der Waals surface area contributed by atoms with Gasteiger partial charge in [0.1, 0.15) is 5.75 Å². The van der Waals surface area contributed by atoms with E-state index in [0.717, 1.165) is 16.3 Å². The molecule has 5 heteroatoms. The molecule has 0 bridgehead atoms. The molecular weight excluding hydrogens is 326 g/mol. The lowest BCUT2D eigenvalue weighted by atomic mass is 10.0. The van der Waals surface area contributed by atoms with E-state index < -0.39 is 11.8 Å². The number of ether oxygens (including phenoxy) is 1. The number of methoxy groups -OCH3 is 1. The summed E-state index contributed by atoms with van der Waals surface area (Å²) >= 11 is 0. The topological polar surface area (TPSA) is 74.5 Å². The first-order chi connectivity index (χ1) is 12.7. The summed E-state index contributed by atoms with van der Waals surface area (Å²) in [4.78, 5) is 12.3. The average Bonchev–Trinajstić information content (AvgIpc) is 2.69. The van der Waals surface area contributed by atoms with Crippen LogP contribution in [0.1, 0.15) is 17.0 Å². The first-order valence-corrected chi connectivity index (χ1v) is 8.08. The molecule has 3 aromatic rings. The molecule has 0 aliphatic rings. The van der Waals surface area contributed by atoms with Crippen LogP contribution in [0.25, 0.3) is 10.8 Å². The van der Waals surface area contributed by atoms with Crippen LogP contribution in [-0.4, -0.2) is 19.2 Å².